The van der Waals surface area contributed by atoms with Gasteiger partial charge in [-0.15, -0.1) is 0 Å². The van der Waals surface area contributed by atoms with Gasteiger partial charge in [0.15, 0.2) is 10.5 Å². The summed E-state index contributed by atoms with van der Waals surface area (Å²) in [5, 5.41) is 10.4. The lowest BCUT2D eigenvalue weighted by Gasteiger charge is -2.00. The quantitative estimate of drug-likeness (QED) is 0.424. The Hall–Kier alpha value is -0.810. The molecule has 7 heteroatoms. The summed E-state index contributed by atoms with van der Waals surface area (Å²) in [5.74, 6) is -0.299. The third kappa shape index (κ3) is 1.51. The molecule has 5 nitrogen and oxygen atoms in total. The Morgan fingerprint density at radius 1 is 1.75 bits per heavy atom. The molecule has 0 amide bonds. The molecule has 0 radical (unpaired) electrons. The third-order valence-corrected chi connectivity index (χ3v) is 1.76. The van der Waals surface area contributed by atoms with Crippen molar-refractivity contribution in [2.75, 3.05) is 0 Å². The number of hydrogen-bond acceptors (Lipinski definition) is 3. The molecule has 12 heavy (non-hydrogen) atoms. The maximum Gasteiger partial charge on any atom is 0.387 e. The first-order valence-corrected chi connectivity index (χ1v) is 3.85. The molecule has 1 heterocycles. The zero-order valence-corrected chi connectivity index (χ0v) is 7.58. The molecule has 0 saturated heterocycles. The largest absolute Gasteiger partial charge is 0.387 e. The Labute approximate surface area is 78.1 Å². The summed E-state index contributed by atoms with van der Waals surface area (Å²) in [4.78, 5) is 12.3. The Balaban J connectivity index is 3.21. The molecule has 0 aliphatic carbocycles. The van der Waals surface area contributed by atoms with Crippen LogP contribution < -0.4 is 0 Å². The smallest absolute Gasteiger partial charge is 0.358 e. The van der Waals surface area contributed by atoms with Gasteiger partial charge in [0.1, 0.15) is 0 Å². The number of aryl methyl sites for hydroxylation is 1. The minimum absolute atomic E-state index is 0.198. The van der Waals surface area contributed by atoms with Crippen LogP contribution in [0.1, 0.15) is 10.5 Å². The number of aromatic nitrogens is 2. The summed E-state index contributed by atoms with van der Waals surface area (Å²) >= 11 is 11.0. The van der Waals surface area contributed by atoms with Crippen LogP contribution in [0.15, 0.2) is 6.33 Å². The lowest BCUT2D eigenvalue weighted by atomic mass is 10.5. The van der Waals surface area contributed by atoms with Gasteiger partial charge in [0.05, 0.1) is 0 Å². The number of nitro groups is 1. The highest BCUT2D eigenvalue weighted by Crippen LogP contribution is 2.30. The van der Waals surface area contributed by atoms with Crippen molar-refractivity contribution >= 4 is 29.0 Å². The van der Waals surface area contributed by atoms with Crippen molar-refractivity contribution in [1.29, 1.82) is 0 Å². The lowest BCUT2D eigenvalue weighted by Crippen LogP contribution is -1.98. The SMILES string of the molecule is Cn1cnc([N+](=O)[O-])c1C(Cl)Cl. The Bertz CT molecular complexity index is 310. The van der Waals surface area contributed by atoms with Crippen LogP contribution in [-0.2, 0) is 7.05 Å². The van der Waals surface area contributed by atoms with Crippen molar-refractivity contribution in [3.8, 4) is 0 Å². The van der Waals surface area contributed by atoms with Crippen molar-refractivity contribution in [2.45, 2.75) is 4.84 Å². The average Bonchev–Trinajstić information content (AvgIpc) is 2.30. The number of imidazole rings is 1. The first-order chi connectivity index (χ1) is 5.54. The Morgan fingerprint density at radius 2 is 2.33 bits per heavy atom. The minimum Gasteiger partial charge on any atom is -0.358 e. The molecular formula is C5H5Cl2N3O2. The van der Waals surface area contributed by atoms with Gasteiger partial charge in [0.25, 0.3) is 0 Å². The van der Waals surface area contributed by atoms with Crippen molar-refractivity contribution in [3.05, 3.63) is 22.1 Å². The molecule has 0 bridgehead atoms. The molecule has 0 aliphatic heterocycles. The second-order valence-corrected chi connectivity index (χ2v) is 3.22. The van der Waals surface area contributed by atoms with Gasteiger partial charge in [-0.05, 0) is 9.91 Å². The molecule has 0 N–H and O–H groups in total. The van der Waals surface area contributed by atoms with Crippen LogP contribution in [0.3, 0.4) is 0 Å². The summed E-state index contributed by atoms with van der Waals surface area (Å²) in [6, 6.07) is 0. The van der Waals surface area contributed by atoms with Crippen LogP contribution in [-0.4, -0.2) is 14.5 Å². The summed E-state index contributed by atoms with van der Waals surface area (Å²) in [6.07, 6.45) is 1.30. The first-order valence-electron chi connectivity index (χ1n) is 2.97. The predicted octanol–water partition coefficient (Wildman–Crippen LogP) is 1.80. The van der Waals surface area contributed by atoms with Gasteiger partial charge in [-0.1, -0.05) is 23.2 Å². The molecular weight excluding hydrogens is 205 g/mol. The number of alkyl halides is 2. The van der Waals surface area contributed by atoms with Crippen LogP contribution >= 0.6 is 23.2 Å². The molecule has 0 saturated carbocycles. The summed E-state index contributed by atoms with van der Waals surface area (Å²) in [5.41, 5.74) is 0.198. The van der Waals surface area contributed by atoms with Gasteiger partial charge >= 0.3 is 5.82 Å². The fraction of sp³-hybridized carbons (Fsp3) is 0.400. The summed E-state index contributed by atoms with van der Waals surface area (Å²) in [6.45, 7) is 0. The fourth-order valence-electron chi connectivity index (χ4n) is 0.820. The standard InChI is InChI=1S/C5H5Cl2N3O2/c1-9-2-8-5(10(11)12)3(9)4(6)7/h2,4H,1H3. The van der Waals surface area contributed by atoms with E-state index in [9.17, 15) is 10.1 Å². The topological polar surface area (TPSA) is 61.0 Å². The van der Waals surface area contributed by atoms with Crippen LogP contribution in [0.5, 0.6) is 0 Å². The number of hydrogen-bond donors (Lipinski definition) is 0. The third-order valence-electron chi connectivity index (χ3n) is 1.34. The van der Waals surface area contributed by atoms with Crippen LogP contribution in [0.2, 0.25) is 0 Å². The summed E-state index contributed by atoms with van der Waals surface area (Å²) < 4.78 is 1.42. The Morgan fingerprint density at radius 3 is 2.67 bits per heavy atom. The van der Waals surface area contributed by atoms with Crippen molar-refractivity contribution in [1.82, 2.24) is 9.55 Å². The van der Waals surface area contributed by atoms with E-state index in [1.807, 2.05) is 0 Å². The highest BCUT2D eigenvalue weighted by Gasteiger charge is 2.24. The van der Waals surface area contributed by atoms with Gasteiger partial charge < -0.3 is 14.7 Å². The second kappa shape index (κ2) is 3.28. The molecule has 0 unspecified atom stereocenters. The second-order valence-electron chi connectivity index (χ2n) is 2.12. The van der Waals surface area contributed by atoms with Crippen LogP contribution in [0.4, 0.5) is 5.82 Å². The van der Waals surface area contributed by atoms with E-state index in [0.717, 1.165) is 0 Å². The zero-order valence-electron chi connectivity index (χ0n) is 6.07. The Kier molecular flexibility index (Phi) is 2.54. The van der Waals surface area contributed by atoms with E-state index in [4.69, 9.17) is 23.2 Å². The maximum atomic E-state index is 10.4. The average molecular weight is 210 g/mol. The molecule has 66 valence electrons. The van der Waals surface area contributed by atoms with E-state index in [1.165, 1.54) is 10.9 Å². The van der Waals surface area contributed by atoms with Crippen molar-refractivity contribution in [3.63, 3.8) is 0 Å². The molecule has 0 spiro atoms. The van der Waals surface area contributed by atoms with Gasteiger partial charge in [-0.2, -0.15) is 0 Å². The number of rotatable bonds is 2. The predicted molar refractivity (Wildman–Crippen MR) is 44.3 cm³/mol. The highest BCUT2D eigenvalue weighted by molar-refractivity contribution is 6.44. The molecule has 1 aromatic heterocycles. The maximum absolute atomic E-state index is 10.4. The van der Waals surface area contributed by atoms with E-state index < -0.39 is 9.76 Å². The van der Waals surface area contributed by atoms with E-state index in [0.29, 0.717) is 0 Å². The molecule has 0 atom stereocenters. The van der Waals surface area contributed by atoms with Gasteiger partial charge in [0, 0.05) is 7.05 Å². The van der Waals surface area contributed by atoms with Gasteiger partial charge in [0.2, 0.25) is 6.33 Å². The number of nitrogens with zero attached hydrogens (tertiary/aromatic N) is 3. The number of halogens is 2. The normalized spacial score (nSPS) is 10.7. The lowest BCUT2D eigenvalue weighted by molar-refractivity contribution is -0.390. The molecule has 0 aliphatic rings. The van der Waals surface area contributed by atoms with Crippen molar-refractivity contribution < 1.29 is 4.92 Å². The van der Waals surface area contributed by atoms with E-state index in [1.54, 1.807) is 7.05 Å². The van der Waals surface area contributed by atoms with Gasteiger partial charge in [-0.25, -0.2) is 0 Å². The molecule has 1 rings (SSSR count). The van der Waals surface area contributed by atoms with E-state index in [-0.39, 0.29) is 11.5 Å². The van der Waals surface area contributed by atoms with Crippen LogP contribution in [0, 0.1) is 10.1 Å². The fourth-order valence-corrected chi connectivity index (χ4v) is 1.32. The minimum atomic E-state index is -0.932. The van der Waals surface area contributed by atoms with E-state index >= 15 is 0 Å². The zero-order chi connectivity index (χ0) is 9.30. The van der Waals surface area contributed by atoms with Crippen LogP contribution in [0.25, 0.3) is 0 Å². The molecule has 0 aromatic carbocycles. The van der Waals surface area contributed by atoms with Gasteiger partial charge in [-0.3, -0.25) is 0 Å². The highest BCUT2D eigenvalue weighted by atomic mass is 35.5. The van der Waals surface area contributed by atoms with E-state index in [2.05, 4.69) is 4.98 Å². The summed E-state index contributed by atoms with van der Waals surface area (Å²) in [7, 11) is 1.59. The monoisotopic (exact) mass is 209 g/mol. The van der Waals surface area contributed by atoms with Crippen molar-refractivity contribution in [2.24, 2.45) is 7.05 Å². The molecule has 1 aromatic rings. The first kappa shape index (κ1) is 9.28. The molecule has 0 fully saturated rings.